The molecule has 0 N–H and O–H groups in total. The van der Waals surface area contributed by atoms with Crippen molar-refractivity contribution in [2.24, 2.45) is 5.92 Å². The third-order valence-electron chi connectivity index (χ3n) is 15.2. The smallest absolute Gasteiger partial charge is 0.196 e. The molecule has 0 bridgehead atoms. The van der Waals surface area contributed by atoms with Crippen LogP contribution in [0.15, 0.2) is 255 Å². The van der Waals surface area contributed by atoms with Crippen molar-refractivity contribution in [3.05, 3.63) is 283 Å². The van der Waals surface area contributed by atoms with E-state index in [1.807, 2.05) is 0 Å². The largest absolute Gasteiger partial charge is 0.447 e. The highest BCUT2D eigenvalue weighted by Crippen LogP contribution is 2.68. The Morgan fingerprint density at radius 3 is 1.54 bits per heavy atom. The average molecular weight is 913 g/mol. The van der Waals surface area contributed by atoms with Crippen LogP contribution in [0.5, 0.6) is 23.0 Å². The van der Waals surface area contributed by atoms with Crippen LogP contribution >= 0.6 is 0 Å². The van der Waals surface area contributed by atoms with Crippen molar-refractivity contribution < 1.29 is 9.47 Å². The average Bonchev–Trinajstić information content (AvgIpc) is 3.91. The lowest BCUT2D eigenvalue weighted by molar-refractivity contribution is 0.360. The van der Waals surface area contributed by atoms with E-state index in [0.717, 1.165) is 63.7 Å². The maximum atomic E-state index is 7.69. The van der Waals surface area contributed by atoms with Crippen molar-refractivity contribution >= 4 is 39.7 Å². The molecule has 4 heteroatoms. The summed E-state index contributed by atoms with van der Waals surface area (Å²) in [6, 6.07) is 76.4. The minimum absolute atomic E-state index is 0.128. The minimum Gasteiger partial charge on any atom is -0.447 e. The highest BCUT2D eigenvalue weighted by atomic mass is 16.6. The molecular weight excluding hydrogens is 865 g/mol. The summed E-state index contributed by atoms with van der Waals surface area (Å²) in [4.78, 5) is 4.68. The molecule has 0 radical (unpaired) electrons. The highest BCUT2D eigenvalue weighted by molar-refractivity contribution is 5.96. The van der Waals surface area contributed by atoms with E-state index in [9.17, 15) is 0 Å². The summed E-state index contributed by atoms with van der Waals surface area (Å²) in [5.74, 6) is 2.94. The lowest BCUT2D eigenvalue weighted by atomic mass is 9.65. The van der Waals surface area contributed by atoms with Crippen molar-refractivity contribution in [3.8, 4) is 45.3 Å². The predicted molar refractivity (Wildman–Crippen MR) is 290 cm³/mol. The lowest BCUT2D eigenvalue weighted by Gasteiger charge is -2.37. The van der Waals surface area contributed by atoms with Gasteiger partial charge in [0.1, 0.15) is 0 Å². The normalized spacial score (nSPS) is 16.9. The fraction of sp³-hybridized carbons (Fsp3) is 0.0746. The van der Waals surface area contributed by atoms with Gasteiger partial charge < -0.3 is 19.3 Å². The van der Waals surface area contributed by atoms with Gasteiger partial charge in [-0.15, -0.1) is 0 Å². The van der Waals surface area contributed by atoms with E-state index in [4.69, 9.17) is 9.47 Å². The molecule has 9 aromatic carbocycles. The Balaban J connectivity index is 1.04. The number of rotatable bonds is 8. The van der Waals surface area contributed by atoms with Crippen LogP contribution in [0.2, 0.25) is 0 Å². The Morgan fingerprint density at radius 1 is 0.423 bits per heavy atom. The van der Waals surface area contributed by atoms with E-state index >= 15 is 0 Å². The monoisotopic (exact) mass is 912 g/mol. The molecule has 0 saturated carbocycles. The van der Waals surface area contributed by atoms with Crippen molar-refractivity contribution in [2.75, 3.05) is 9.80 Å². The quantitative estimate of drug-likeness (QED) is 0.152. The molecule has 9 aromatic rings. The number of hydrogen-bond acceptors (Lipinski definition) is 4. The third-order valence-corrected chi connectivity index (χ3v) is 15.2. The van der Waals surface area contributed by atoms with Crippen LogP contribution in [-0.4, -0.2) is 0 Å². The Bertz CT molecular complexity index is 3640. The number of anilines is 6. The van der Waals surface area contributed by atoms with Crippen molar-refractivity contribution in [2.45, 2.75) is 24.2 Å². The first kappa shape index (κ1) is 41.1. The second-order valence-electron chi connectivity index (χ2n) is 19.0. The summed E-state index contributed by atoms with van der Waals surface area (Å²) in [7, 11) is 0. The van der Waals surface area contributed by atoms with Gasteiger partial charge in [0.2, 0.25) is 0 Å². The van der Waals surface area contributed by atoms with E-state index in [2.05, 4.69) is 265 Å². The summed E-state index contributed by atoms with van der Waals surface area (Å²) in [5, 5.41) is 0. The molecule has 14 rings (SSSR count). The molecule has 1 heterocycles. The number of fused-ring (bicyclic) bond motifs is 12. The summed E-state index contributed by atoms with van der Waals surface area (Å²) >= 11 is 0. The zero-order valence-electron chi connectivity index (χ0n) is 39.0. The first-order valence-corrected chi connectivity index (χ1v) is 24.8. The minimum atomic E-state index is -0.432. The molecule has 1 aliphatic heterocycles. The van der Waals surface area contributed by atoms with Gasteiger partial charge in [-0.3, -0.25) is 0 Å². The van der Waals surface area contributed by atoms with Gasteiger partial charge in [0.25, 0.3) is 0 Å². The van der Waals surface area contributed by atoms with E-state index in [0.29, 0.717) is 23.0 Å². The molecule has 0 amide bonds. The number of nitrogens with zero attached hydrogens (tertiary/aromatic N) is 2. The van der Waals surface area contributed by atoms with Crippen LogP contribution in [0.3, 0.4) is 0 Å². The van der Waals surface area contributed by atoms with Crippen LogP contribution < -0.4 is 19.3 Å². The van der Waals surface area contributed by atoms with Gasteiger partial charge in [-0.1, -0.05) is 194 Å². The van der Waals surface area contributed by atoms with Gasteiger partial charge in [0.15, 0.2) is 23.0 Å². The Hall–Kier alpha value is -8.86. The summed E-state index contributed by atoms with van der Waals surface area (Å²) in [6.45, 7) is 0. The zero-order valence-corrected chi connectivity index (χ0v) is 39.0. The molecule has 2 unspecified atom stereocenters. The Kier molecular flexibility index (Phi) is 9.67. The predicted octanol–water partition coefficient (Wildman–Crippen LogP) is 18.1. The lowest BCUT2D eigenvalue weighted by Crippen LogP contribution is -2.32. The molecule has 0 aromatic heterocycles. The molecule has 338 valence electrons. The van der Waals surface area contributed by atoms with E-state index in [1.165, 1.54) is 39.0 Å². The number of ether oxygens (including phenoxy) is 2. The topological polar surface area (TPSA) is 24.9 Å². The van der Waals surface area contributed by atoms with Crippen LogP contribution in [-0.2, 0) is 5.41 Å². The Morgan fingerprint density at radius 2 is 0.930 bits per heavy atom. The molecule has 0 fully saturated rings. The molecule has 71 heavy (non-hydrogen) atoms. The van der Waals surface area contributed by atoms with Crippen molar-refractivity contribution in [3.63, 3.8) is 0 Å². The fourth-order valence-corrected chi connectivity index (χ4v) is 12.3. The number of allylic oxidation sites excluding steroid dienone is 8. The molecule has 2 atom stereocenters. The van der Waals surface area contributed by atoms with E-state index in [-0.39, 0.29) is 11.8 Å². The van der Waals surface area contributed by atoms with Gasteiger partial charge >= 0.3 is 0 Å². The van der Waals surface area contributed by atoms with Gasteiger partial charge in [-0.05, 0) is 118 Å². The van der Waals surface area contributed by atoms with Gasteiger partial charge in [0.05, 0.1) is 28.2 Å². The van der Waals surface area contributed by atoms with Crippen LogP contribution in [0.25, 0.3) is 27.8 Å². The molecule has 0 saturated heterocycles. The number of benzene rings is 9. The summed E-state index contributed by atoms with van der Waals surface area (Å²) in [5.41, 5.74) is 17.7. The molecule has 5 aliphatic rings. The number of hydrogen-bond donors (Lipinski definition) is 0. The van der Waals surface area contributed by atoms with Gasteiger partial charge in [-0.25, -0.2) is 0 Å². The standard InChI is InChI=1S/C67H48N2O2/c1-5-23-45(24-6-1)49-31-16-21-39-59(49)68(47-27-9-3-10-28-47)61-41-42-62(69(48-29-11-4-12-30-48)60-40-22-17-32-50(60)46-25-7-2-8-26-46)66-65(61)70-63-43-54-53-35-15-20-38-57(53)67(58(54)44-64(63)71-66)55-36-18-13-33-51(55)52-34-14-19-37-56(52)67/h2-5,7-44,53,57H,1,6H2. The van der Waals surface area contributed by atoms with Crippen molar-refractivity contribution in [1.82, 2.24) is 0 Å². The van der Waals surface area contributed by atoms with Gasteiger partial charge in [0, 0.05) is 34.3 Å². The summed E-state index contributed by atoms with van der Waals surface area (Å²) in [6.07, 6.45) is 18.2. The van der Waals surface area contributed by atoms with Crippen LogP contribution in [0.1, 0.15) is 46.6 Å². The first-order chi connectivity index (χ1) is 35.3. The van der Waals surface area contributed by atoms with Crippen LogP contribution in [0.4, 0.5) is 34.1 Å². The maximum Gasteiger partial charge on any atom is 0.196 e. The maximum absolute atomic E-state index is 7.69. The zero-order chi connectivity index (χ0) is 46.9. The Labute approximate surface area is 415 Å². The molecule has 4 aliphatic carbocycles. The SMILES string of the molecule is C1=CC2c3cc4c(cc3C3(c5ccccc5-c5ccccc53)C2C=C1)Oc1c(N(c2ccccc2)c2ccccc2-c2ccccc2)ccc(N(c2ccccc2)c2ccccc2C2=CCCC=C2)c1O4. The highest BCUT2D eigenvalue weighted by Gasteiger charge is 2.57. The van der Waals surface area contributed by atoms with Crippen molar-refractivity contribution in [1.29, 1.82) is 0 Å². The van der Waals surface area contributed by atoms with E-state index < -0.39 is 5.41 Å². The first-order valence-electron chi connectivity index (χ1n) is 24.8. The molecule has 1 spiro atoms. The van der Waals surface area contributed by atoms with Gasteiger partial charge in [-0.2, -0.15) is 0 Å². The third kappa shape index (κ3) is 6.38. The fourth-order valence-electron chi connectivity index (χ4n) is 12.3. The number of para-hydroxylation sites is 4. The second-order valence-corrected chi connectivity index (χ2v) is 19.0. The summed E-state index contributed by atoms with van der Waals surface area (Å²) < 4.78 is 15.3. The van der Waals surface area contributed by atoms with Crippen LogP contribution in [0, 0.1) is 5.92 Å². The second kappa shape index (κ2) is 16.7. The molecular formula is C67H48N2O2. The molecule has 4 nitrogen and oxygen atoms in total. The van der Waals surface area contributed by atoms with E-state index in [1.54, 1.807) is 0 Å².